The van der Waals surface area contributed by atoms with Gasteiger partial charge in [-0.05, 0) is 57.2 Å². The molecule has 0 aromatic heterocycles. The van der Waals surface area contributed by atoms with Crippen LogP contribution in [0, 0.1) is 11.8 Å². The van der Waals surface area contributed by atoms with E-state index in [9.17, 15) is 19.5 Å². The molecule has 184 valence electrons. The fourth-order valence-electron chi connectivity index (χ4n) is 4.60. The molecule has 2 aliphatic rings. The second-order valence-corrected chi connectivity index (χ2v) is 8.82. The average Bonchev–Trinajstić information content (AvgIpc) is 2.79. The number of ketones is 1. The number of rotatable bonds is 7. The molecule has 0 radical (unpaired) electrons. The van der Waals surface area contributed by atoms with E-state index < -0.39 is 23.8 Å². The van der Waals surface area contributed by atoms with Crippen molar-refractivity contribution in [2.75, 3.05) is 13.7 Å². The van der Waals surface area contributed by atoms with Gasteiger partial charge >= 0.3 is 11.9 Å². The molecule has 0 fully saturated rings. The second-order valence-electron chi connectivity index (χ2n) is 8.82. The molecule has 3 rings (SSSR count). The predicted molar refractivity (Wildman–Crippen MR) is 125 cm³/mol. The Kier molecular flexibility index (Phi) is 7.69. The molecule has 1 aromatic carbocycles. The average molecular weight is 472 g/mol. The SMILES string of the molecule is CCOc1cc([C@H]2C(C(=O)O[C@H](C)CC)=C(C)NC3=C2C(=O)[C@H](C(=O)OC)[C@H](C)C3)ccc1O. The molecule has 0 unspecified atom stereocenters. The van der Waals surface area contributed by atoms with Crippen LogP contribution >= 0.6 is 0 Å². The number of benzene rings is 1. The van der Waals surface area contributed by atoms with Crippen molar-refractivity contribution >= 4 is 17.7 Å². The Morgan fingerprint density at radius 2 is 1.97 bits per heavy atom. The number of phenols is 1. The van der Waals surface area contributed by atoms with E-state index in [1.807, 2.05) is 13.8 Å². The number of aromatic hydroxyl groups is 1. The highest BCUT2D eigenvalue weighted by atomic mass is 16.5. The number of nitrogens with one attached hydrogen (secondary N) is 1. The molecule has 1 heterocycles. The fraction of sp³-hybridized carbons (Fsp3) is 0.500. The second kappa shape index (κ2) is 10.3. The summed E-state index contributed by atoms with van der Waals surface area (Å²) in [6, 6.07) is 4.76. The summed E-state index contributed by atoms with van der Waals surface area (Å²) >= 11 is 0. The topological polar surface area (TPSA) is 111 Å². The lowest BCUT2D eigenvalue weighted by Crippen LogP contribution is -2.43. The third-order valence-corrected chi connectivity index (χ3v) is 6.46. The first-order valence-corrected chi connectivity index (χ1v) is 11.6. The van der Waals surface area contributed by atoms with Gasteiger partial charge in [0.25, 0.3) is 0 Å². The smallest absolute Gasteiger partial charge is 0.337 e. The van der Waals surface area contributed by atoms with E-state index in [1.54, 1.807) is 32.9 Å². The van der Waals surface area contributed by atoms with Crippen LogP contribution in [0.3, 0.4) is 0 Å². The van der Waals surface area contributed by atoms with Gasteiger partial charge in [0.15, 0.2) is 17.3 Å². The molecule has 1 aliphatic carbocycles. The molecule has 8 heteroatoms. The van der Waals surface area contributed by atoms with E-state index in [-0.39, 0.29) is 29.3 Å². The van der Waals surface area contributed by atoms with Crippen molar-refractivity contribution in [2.45, 2.75) is 59.5 Å². The first-order valence-electron chi connectivity index (χ1n) is 11.6. The third kappa shape index (κ3) is 4.67. The molecular weight excluding hydrogens is 438 g/mol. The largest absolute Gasteiger partial charge is 0.504 e. The molecule has 1 aromatic rings. The number of esters is 2. The monoisotopic (exact) mass is 471 g/mol. The molecule has 34 heavy (non-hydrogen) atoms. The molecule has 1 aliphatic heterocycles. The van der Waals surface area contributed by atoms with Crippen LogP contribution < -0.4 is 10.1 Å². The molecule has 0 spiro atoms. The number of hydrogen-bond donors (Lipinski definition) is 2. The Bertz CT molecular complexity index is 1060. The minimum absolute atomic E-state index is 0.0470. The third-order valence-electron chi connectivity index (χ3n) is 6.46. The van der Waals surface area contributed by atoms with Gasteiger partial charge in [0, 0.05) is 22.9 Å². The highest BCUT2D eigenvalue weighted by molar-refractivity contribution is 6.12. The van der Waals surface area contributed by atoms with Crippen molar-refractivity contribution in [1.82, 2.24) is 5.32 Å². The van der Waals surface area contributed by atoms with E-state index in [0.29, 0.717) is 47.6 Å². The Morgan fingerprint density at radius 3 is 2.59 bits per heavy atom. The van der Waals surface area contributed by atoms with Crippen molar-refractivity contribution in [2.24, 2.45) is 11.8 Å². The Hall–Kier alpha value is -3.29. The zero-order valence-electron chi connectivity index (χ0n) is 20.6. The normalized spacial score (nSPS) is 23.1. The molecule has 2 N–H and O–H groups in total. The maximum atomic E-state index is 13.7. The zero-order valence-corrected chi connectivity index (χ0v) is 20.6. The molecule has 0 saturated carbocycles. The van der Waals surface area contributed by atoms with Crippen molar-refractivity contribution in [3.05, 3.63) is 46.3 Å². The number of carbonyl (C=O) groups is 3. The summed E-state index contributed by atoms with van der Waals surface area (Å²) in [6.07, 6.45) is 0.768. The predicted octanol–water partition coefficient (Wildman–Crippen LogP) is 3.75. The standard InChI is InChI=1S/C26H33NO7/c1-7-14(4)34-26(31)21-15(5)27-17-11-13(3)20(25(30)32-6)24(29)23(17)22(21)16-9-10-18(28)19(12-16)33-8-2/h9-10,12-14,20,22,27-28H,7-8,11H2,1-6H3/t13-,14-,20-,22+/m1/s1. The van der Waals surface area contributed by atoms with Crippen LogP contribution in [0.2, 0.25) is 0 Å². The van der Waals surface area contributed by atoms with E-state index in [0.717, 1.165) is 0 Å². The van der Waals surface area contributed by atoms with E-state index in [1.165, 1.54) is 13.2 Å². The summed E-state index contributed by atoms with van der Waals surface area (Å²) in [5, 5.41) is 13.5. The van der Waals surface area contributed by atoms with E-state index >= 15 is 0 Å². The Balaban J connectivity index is 2.20. The van der Waals surface area contributed by atoms with Gasteiger partial charge in [-0.1, -0.05) is 19.9 Å². The molecule has 0 amide bonds. The van der Waals surface area contributed by atoms with Gasteiger partial charge in [0.05, 0.1) is 25.4 Å². The summed E-state index contributed by atoms with van der Waals surface area (Å²) < 4.78 is 16.1. The number of dihydropyridines is 1. The number of phenolic OH excluding ortho intramolecular Hbond substituents is 1. The van der Waals surface area contributed by atoms with E-state index in [2.05, 4.69) is 5.32 Å². The number of hydrogen-bond acceptors (Lipinski definition) is 8. The van der Waals surface area contributed by atoms with Crippen LogP contribution in [0.25, 0.3) is 0 Å². The van der Waals surface area contributed by atoms with Crippen LogP contribution in [-0.2, 0) is 23.9 Å². The molecule has 0 bridgehead atoms. The Labute approximate surface area is 200 Å². The van der Waals surface area contributed by atoms with Crippen LogP contribution in [0.5, 0.6) is 11.5 Å². The first-order chi connectivity index (χ1) is 16.1. The molecule has 0 saturated heterocycles. The summed E-state index contributed by atoms with van der Waals surface area (Å²) in [6.45, 7) is 9.45. The summed E-state index contributed by atoms with van der Waals surface area (Å²) in [4.78, 5) is 39.6. The van der Waals surface area contributed by atoms with Gasteiger partial charge in [0.2, 0.25) is 0 Å². The highest BCUT2D eigenvalue weighted by Crippen LogP contribution is 2.46. The van der Waals surface area contributed by atoms with Crippen LogP contribution in [0.15, 0.2) is 40.7 Å². The van der Waals surface area contributed by atoms with Gasteiger partial charge in [-0.15, -0.1) is 0 Å². The highest BCUT2D eigenvalue weighted by Gasteiger charge is 2.47. The fourth-order valence-corrected chi connectivity index (χ4v) is 4.60. The maximum absolute atomic E-state index is 13.7. The Morgan fingerprint density at radius 1 is 1.26 bits per heavy atom. The van der Waals surface area contributed by atoms with Crippen LogP contribution in [-0.4, -0.2) is 42.6 Å². The number of carbonyl (C=O) groups excluding carboxylic acids is 3. The van der Waals surface area contributed by atoms with Gasteiger partial charge in [0.1, 0.15) is 5.92 Å². The van der Waals surface area contributed by atoms with Gasteiger partial charge < -0.3 is 24.6 Å². The number of allylic oxidation sites excluding steroid dienone is 3. The first kappa shape index (κ1) is 25.3. The summed E-state index contributed by atoms with van der Waals surface area (Å²) in [5.41, 5.74) is 2.46. The summed E-state index contributed by atoms with van der Waals surface area (Å²) in [7, 11) is 1.26. The maximum Gasteiger partial charge on any atom is 0.337 e. The van der Waals surface area contributed by atoms with Gasteiger partial charge in [-0.2, -0.15) is 0 Å². The number of methoxy groups -OCH3 is 1. The van der Waals surface area contributed by atoms with Gasteiger partial charge in [-0.25, -0.2) is 4.79 Å². The zero-order chi connectivity index (χ0) is 25.2. The number of ether oxygens (including phenoxy) is 3. The van der Waals surface area contributed by atoms with Crippen LogP contribution in [0.4, 0.5) is 0 Å². The lowest BCUT2D eigenvalue weighted by Gasteiger charge is -2.38. The molecule has 8 nitrogen and oxygen atoms in total. The molecule has 4 atom stereocenters. The minimum Gasteiger partial charge on any atom is -0.504 e. The van der Waals surface area contributed by atoms with Crippen molar-refractivity contribution in [3.8, 4) is 11.5 Å². The molecular formula is C26H33NO7. The number of Topliss-reactive ketones (excluding diaryl/α,β-unsaturated/α-hetero) is 1. The lowest BCUT2D eigenvalue weighted by molar-refractivity contribution is -0.151. The lowest BCUT2D eigenvalue weighted by atomic mass is 9.69. The van der Waals surface area contributed by atoms with Crippen molar-refractivity contribution in [3.63, 3.8) is 0 Å². The van der Waals surface area contributed by atoms with Crippen molar-refractivity contribution < 1.29 is 33.7 Å². The van der Waals surface area contributed by atoms with E-state index in [4.69, 9.17) is 14.2 Å². The minimum atomic E-state index is -0.971. The van der Waals surface area contributed by atoms with Crippen LogP contribution in [0.1, 0.15) is 58.9 Å². The quantitative estimate of drug-likeness (QED) is 0.457. The van der Waals surface area contributed by atoms with Crippen molar-refractivity contribution in [1.29, 1.82) is 0 Å². The summed E-state index contributed by atoms with van der Waals surface area (Å²) in [5.74, 6) is -3.36. The van der Waals surface area contributed by atoms with Gasteiger partial charge in [-0.3, -0.25) is 9.59 Å².